The van der Waals surface area contributed by atoms with Crippen LogP contribution in [0.1, 0.15) is 55.6 Å². The number of allylic oxidation sites excluding steroid dienone is 3. The van der Waals surface area contributed by atoms with E-state index >= 15 is 0 Å². The first-order valence-electron chi connectivity index (χ1n) is 31.1. The fourth-order valence-corrected chi connectivity index (χ4v) is 20.7. The third kappa shape index (κ3) is 16.6. The summed E-state index contributed by atoms with van der Waals surface area (Å²) in [5, 5.41) is 75.5. The van der Waals surface area contributed by atoms with E-state index < -0.39 is 133 Å². The number of carbonyl (C=O) groups is 9. The number of nitrogens with zero attached hydrogens (tertiary/aromatic N) is 15. The number of thiazole rings is 5. The van der Waals surface area contributed by atoms with Crippen molar-refractivity contribution in [3.8, 4) is 0 Å². The highest BCUT2D eigenvalue weighted by Gasteiger charge is 2.57. The quantitative estimate of drug-likeness (QED) is 0.00702. The molecule has 0 radical (unpaired) electrons. The zero-order valence-electron chi connectivity index (χ0n) is 54.7. The number of hydrogen-bond donors (Lipinski definition) is 10. The molecule has 13 N–H and O–H groups in total. The summed E-state index contributed by atoms with van der Waals surface area (Å²) < 4.78 is 28.3. The number of amides is 6. The number of β-lactam (4-membered cyclic amide) rings is 3. The van der Waals surface area contributed by atoms with E-state index in [-0.39, 0.29) is 80.4 Å². The number of nitrogens with one attached hydrogen (secondary N) is 3. The van der Waals surface area contributed by atoms with Gasteiger partial charge in [0, 0.05) is 33.0 Å². The van der Waals surface area contributed by atoms with Crippen LogP contribution in [0.2, 0.25) is 13.0 Å². The monoisotopic (exact) mass is 1740 g/mol. The lowest BCUT2D eigenvalue weighted by molar-refractivity contribution is -0.384. The number of benzene rings is 1. The van der Waals surface area contributed by atoms with E-state index in [1.54, 1.807) is 12.4 Å². The molecule has 1 aromatic carbocycles. The van der Waals surface area contributed by atoms with Crippen molar-refractivity contribution in [2.45, 2.75) is 87.8 Å². The maximum atomic E-state index is 13.1. The molecule has 8 aromatic rings. The lowest BCUT2D eigenvalue weighted by Gasteiger charge is -2.50. The van der Waals surface area contributed by atoms with Gasteiger partial charge in [-0.15, -0.1) is 32.9 Å². The lowest BCUT2D eigenvalue weighted by Crippen LogP contribution is -2.72. The van der Waals surface area contributed by atoms with Crippen molar-refractivity contribution in [3.63, 3.8) is 0 Å². The van der Waals surface area contributed by atoms with Gasteiger partial charge in [0.1, 0.15) is 103 Å². The average Bonchev–Trinajstić information content (AvgIpc) is 0.869. The topological polar surface area (TPSA) is 560 Å². The molecule has 3 fully saturated rings. The van der Waals surface area contributed by atoms with Gasteiger partial charge in [0.2, 0.25) is 0 Å². The number of oxime groups is 3. The van der Waals surface area contributed by atoms with Gasteiger partial charge < -0.3 is 63.4 Å². The molecule has 6 aliphatic heterocycles. The van der Waals surface area contributed by atoms with Crippen LogP contribution in [0.4, 0.5) is 29.9 Å². The van der Waals surface area contributed by atoms with Gasteiger partial charge in [-0.2, -0.15) is 0 Å². The Balaban J connectivity index is 0.000000155. The Morgan fingerprint density at radius 2 is 1.01 bits per heavy atom. The van der Waals surface area contributed by atoms with Gasteiger partial charge in [-0.3, -0.25) is 58.6 Å². The molecule has 574 valence electrons. The van der Waals surface area contributed by atoms with Crippen molar-refractivity contribution in [2.75, 3.05) is 43.8 Å². The number of anilines is 3. The van der Waals surface area contributed by atoms with Crippen LogP contribution in [0.5, 0.6) is 0 Å². The number of nitro benzene ring substituents is 1. The van der Waals surface area contributed by atoms with Crippen molar-refractivity contribution in [1.82, 2.24) is 70.8 Å². The molecule has 6 aliphatic rings. The van der Waals surface area contributed by atoms with Gasteiger partial charge in [-0.05, 0) is 50.7 Å². The number of hydrogen-bond acceptors (Lipinski definition) is 37. The number of thioether (sulfide) groups is 3. The number of non-ortho nitro benzene ring substituents is 1. The van der Waals surface area contributed by atoms with Gasteiger partial charge in [-0.1, -0.05) is 131 Å². The van der Waals surface area contributed by atoms with E-state index in [1.165, 1.54) is 63.0 Å². The number of rotatable bonds is 25. The minimum atomic E-state index is -1.33. The minimum absolute atomic E-state index is 0.0293. The number of pyridine rings is 1. The van der Waals surface area contributed by atoms with Gasteiger partial charge >= 0.3 is 17.9 Å². The van der Waals surface area contributed by atoms with E-state index in [1.807, 2.05) is 6.07 Å². The number of nitrogen functional groups attached to an aromatic ring is 3. The highest BCUT2D eigenvalue weighted by molar-refractivity contribution is 8.05. The number of fused-ring (bicyclic) bond motifs is 5. The summed E-state index contributed by atoms with van der Waals surface area (Å²) in [6.45, 7) is -2.57. The van der Waals surface area contributed by atoms with Gasteiger partial charge in [-0.25, -0.2) is 48.1 Å². The van der Waals surface area contributed by atoms with Crippen LogP contribution >= 0.6 is 138 Å². The number of halogens is 5. The van der Waals surface area contributed by atoms with E-state index in [0.717, 1.165) is 83.4 Å². The summed E-state index contributed by atoms with van der Waals surface area (Å²) >= 11 is 28.1. The fraction of sp³-hybridized carbons (Fsp3) is 0.276. The number of nitrogens with two attached hydrogens (primary N) is 3. The number of aliphatic carboxylic acids is 3. The van der Waals surface area contributed by atoms with Gasteiger partial charge in [0.15, 0.2) is 45.5 Å². The Hall–Kier alpha value is -9.96. The number of carboxylic acid groups (broad SMARTS) is 3. The van der Waals surface area contributed by atoms with Crippen molar-refractivity contribution in [2.24, 2.45) is 15.5 Å². The van der Waals surface area contributed by atoms with Crippen molar-refractivity contribution < 1.29 is 87.1 Å². The number of aromatic nitrogens is 8. The number of carboxylic acids is 3. The molecule has 3 unspecified atom stereocenters. The van der Waals surface area contributed by atoms with Crippen LogP contribution < -0.4 is 33.2 Å². The maximum Gasteiger partial charge on any atom is 0.353 e. The number of carbonyl (C=O) groups excluding carboxylic acids is 6. The van der Waals surface area contributed by atoms with Gasteiger partial charge in [0.25, 0.3) is 41.1 Å². The predicted octanol–water partition coefficient (Wildman–Crippen LogP) is 6.80. The fourth-order valence-electron chi connectivity index (χ4n) is 11.7. The Kier molecular flexibility index (Phi) is 24.7. The molecule has 52 heteroatoms. The molecule has 6 atom stereocenters. The van der Waals surface area contributed by atoms with Crippen molar-refractivity contribution in [1.29, 1.82) is 0 Å². The first kappa shape index (κ1) is 79.6. The standard InChI is InChI=1S/C22H17ClFN7O7S3.C21H17ClFN7O5S3.C15H12ClN7O5S3/c23-17-14(28-21(25)41-17)15(29-38-6-5-24)18(32)27-13-10-3-4-11(16(20(34)35)30(10)19(13)33)39-22-26-9-2-1-8(31(36)37)7-12(9)40-22;22-16-13(28-20(24)38-16)14(29-35-6-4-23)17(31)27-12-9-1-2-11(15(19(33)34)30(9)18(12)32)37-21-26-8-7-25-5-3-10(8)36-21;16-10-7(20-14(17)31-10)8(22-28)11(24)19-6-4-1-2-5(30-15-21-18-3-29-15)9(13(26)27)23(4)12(6)25/h1-2,7,10,13H,3-6H2,(H2,25,28)(H,27,32)(H,34,35);3,5,7,9,12H,1-2,4,6H2,(H2,24,28)(H,27,31)(H,33,34);3-4,6,28H,1-2H2,(H2,17,20)(H,19,24)(H,26,27)/b29-15-;29-14-;22-8-/t10?,13-;9?,12-;4?,6-/m000/s1. The normalized spacial score (nSPS) is 19.6. The number of nitro groups is 1. The zero-order chi connectivity index (χ0) is 78.7. The smallest absolute Gasteiger partial charge is 0.353 e. The predicted molar refractivity (Wildman–Crippen MR) is 400 cm³/mol. The second-order valence-electron chi connectivity index (χ2n) is 22.6. The highest BCUT2D eigenvalue weighted by atomic mass is 35.5. The molecule has 3 saturated heterocycles. The van der Waals surface area contributed by atoms with E-state index in [2.05, 4.69) is 71.5 Å². The molecular formula is C58H46Cl3F2N21O17S9. The number of alkyl halides is 2. The van der Waals surface area contributed by atoms with Crippen LogP contribution in [0.3, 0.4) is 0 Å². The Bertz CT molecular complexity index is 5270. The Labute approximate surface area is 664 Å². The molecule has 0 bridgehead atoms. The SMILES string of the molecule is Nc1nc(/C(=N/O)C(=O)N[C@@H]2C(=O)N3C(C(=O)O)=C(Sc4nncs4)CCC23)c(Cl)s1.Nc1nc(/C(=N/OCCF)C(=O)N[C@@H]2C(=O)N3C(C(=O)O)=C(Sc4nc5ccc([N+](=O)[O-])cc5s4)CCC23)c(Cl)s1.Nc1nc(/C(=N/OCCF)C(=O)N[C@@H]2C(=O)N3C(C(=O)O)=C(Sc4nc5cnccc5s4)CCC23)c(Cl)s1. The summed E-state index contributed by atoms with van der Waals surface area (Å²) in [5.41, 5.74) is 17.4. The van der Waals surface area contributed by atoms with Crippen LogP contribution in [-0.2, 0) is 52.8 Å². The average molecular weight is 1740 g/mol. The van der Waals surface area contributed by atoms with Crippen LogP contribution in [0.15, 0.2) is 102 Å². The van der Waals surface area contributed by atoms with Crippen molar-refractivity contribution >= 4 is 250 Å². The Morgan fingerprint density at radius 1 is 0.600 bits per heavy atom. The summed E-state index contributed by atoms with van der Waals surface area (Å²) in [4.78, 5) is 164. The third-order valence-electron chi connectivity index (χ3n) is 16.2. The molecule has 0 spiro atoms. The molecule has 0 saturated carbocycles. The highest BCUT2D eigenvalue weighted by Crippen LogP contribution is 2.48. The molecule has 0 aliphatic carbocycles. The van der Waals surface area contributed by atoms with Crippen LogP contribution in [0, 0.1) is 10.1 Å². The maximum absolute atomic E-state index is 13.1. The second-order valence-corrected chi connectivity index (χ2v) is 34.5. The molecule has 110 heavy (non-hydrogen) atoms. The molecular weight excluding hydrogens is 1700 g/mol. The molecule has 7 aromatic heterocycles. The van der Waals surface area contributed by atoms with Gasteiger partial charge in [0.05, 0.1) is 44.2 Å². The minimum Gasteiger partial charge on any atom is -0.477 e. The lowest BCUT2D eigenvalue weighted by atomic mass is 9.86. The second kappa shape index (κ2) is 34.1. The summed E-state index contributed by atoms with van der Waals surface area (Å²) in [5.74, 6) is -8.32. The molecule has 13 heterocycles. The Morgan fingerprint density at radius 3 is 1.38 bits per heavy atom. The van der Waals surface area contributed by atoms with Crippen LogP contribution in [0.25, 0.3) is 20.4 Å². The third-order valence-corrected chi connectivity index (χ3v) is 25.9. The summed E-state index contributed by atoms with van der Waals surface area (Å²) in [6.07, 6.45) is 5.41. The zero-order valence-corrected chi connectivity index (χ0v) is 64.3. The molecule has 14 rings (SSSR count). The largest absolute Gasteiger partial charge is 0.477 e. The van der Waals surface area contributed by atoms with E-state index in [4.69, 9.17) is 61.7 Å². The summed E-state index contributed by atoms with van der Waals surface area (Å²) in [6, 6.07) is 1.16. The first-order chi connectivity index (χ1) is 52.7. The van der Waals surface area contributed by atoms with Crippen molar-refractivity contribution in [3.05, 3.63) is 114 Å². The van der Waals surface area contributed by atoms with Crippen LogP contribution in [-0.4, -0.2) is 214 Å². The molecule has 38 nitrogen and oxygen atoms in total. The first-order valence-corrected chi connectivity index (χ1v) is 39.6. The van der Waals surface area contributed by atoms with E-state index in [9.17, 15) is 82.6 Å². The summed E-state index contributed by atoms with van der Waals surface area (Å²) in [7, 11) is 0. The molecule has 6 amide bonds. The van der Waals surface area contributed by atoms with E-state index in [0.29, 0.717) is 75.6 Å².